The molecule has 4 nitrogen and oxygen atoms in total. The molecule has 0 aliphatic carbocycles. The van der Waals surface area contributed by atoms with Crippen LogP contribution in [0.25, 0.3) is 0 Å². The van der Waals surface area contributed by atoms with Gasteiger partial charge in [-0.05, 0) is 18.2 Å². The standard InChI is InChI=1S/C12H13FN4/c1-17(11-4-2-3-9(13)5-11)12-8-15-10(6-14)7-16-12/h2-5,7-8H,6,14H2,1H3. The van der Waals surface area contributed by atoms with Crippen molar-refractivity contribution in [2.24, 2.45) is 5.73 Å². The van der Waals surface area contributed by atoms with Crippen LogP contribution in [0.2, 0.25) is 0 Å². The number of anilines is 2. The Labute approximate surface area is 98.9 Å². The molecule has 0 unspecified atom stereocenters. The zero-order valence-corrected chi connectivity index (χ0v) is 9.47. The minimum atomic E-state index is -0.277. The highest BCUT2D eigenvalue weighted by atomic mass is 19.1. The van der Waals surface area contributed by atoms with Crippen molar-refractivity contribution in [1.82, 2.24) is 9.97 Å². The number of rotatable bonds is 3. The lowest BCUT2D eigenvalue weighted by molar-refractivity contribution is 0.628. The summed E-state index contributed by atoms with van der Waals surface area (Å²) in [6.07, 6.45) is 3.23. The average Bonchev–Trinajstić information content (AvgIpc) is 2.38. The van der Waals surface area contributed by atoms with Gasteiger partial charge in [0.2, 0.25) is 0 Å². The monoisotopic (exact) mass is 232 g/mol. The molecule has 2 rings (SSSR count). The molecule has 17 heavy (non-hydrogen) atoms. The smallest absolute Gasteiger partial charge is 0.151 e. The quantitative estimate of drug-likeness (QED) is 0.877. The maximum absolute atomic E-state index is 13.1. The van der Waals surface area contributed by atoms with Crippen LogP contribution < -0.4 is 10.6 Å². The van der Waals surface area contributed by atoms with Crippen molar-refractivity contribution in [1.29, 1.82) is 0 Å². The molecular formula is C12H13FN4. The van der Waals surface area contributed by atoms with Crippen LogP contribution in [0.3, 0.4) is 0 Å². The molecule has 0 fully saturated rings. The van der Waals surface area contributed by atoms with Crippen molar-refractivity contribution in [2.75, 3.05) is 11.9 Å². The summed E-state index contributed by atoms with van der Waals surface area (Å²) in [4.78, 5) is 10.1. The van der Waals surface area contributed by atoms with E-state index in [1.165, 1.54) is 12.1 Å². The normalized spacial score (nSPS) is 10.3. The molecule has 1 heterocycles. The molecule has 0 amide bonds. The zero-order chi connectivity index (χ0) is 12.3. The number of hydrogen-bond donors (Lipinski definition) is 1. The number of nitrogens with two attached hydrogens (primary N) is 1. The number of aromatic nitrogens is 2. The molecule has 0 atom stereocenters. The summed E-state index contributed by atoms with van der Waals surface area (Å²) in [5.41, 5.74) is 6.89. The number of benzene rings is 1. The molecule has 2 aromatic rings. The molecule has 0 saturated heterocycles. The molecule has 0 aliphatic heterocycles. The van der Waals surface area contributed by atoms with Gasteiger partial charge in [0.05, 0.1) is 18.1 Å². The lowest BCUT2D eigenvalue weighted by Gasteiger charge is -2.17. The molecule has 5 heteroatoms. The van der Waals surface area contributed by atoms with Crippen molar-refractivity contribution < 1.29 is 4.39 Å². The topological polar surface area (TPSA) is 55.0 Å². The van der Waals surface area contributed by atoms with E-state index >= 15 is 0 Å². The third kappa shape index (κ3) is 2.57. The SMILES string of the molecule is CN(c1cccc(F)c1)c1cnc(CN)cn1. The fourth-order valence-corrected chi connectivity index (χ4v) is 1.44. The molecule has 0 radical (unpaired) electrons. The van der Waals surface area contributed by atoms with E-state index in [1.54, 1.807) is 30.4 Å². The lowest BCUT2D eigenvalue weighted by atomic mass is 10.3. The van der Waals surface area contributed by atoms with Crippen LogP contribution in [0.15, 0.2) is 36.7 Å². The van der Waals surface area contributed by atoms with E-state index in [1.807, 2.05) is 6.07 Å². The van der Waals surface area contributed by atoms with Gasteiger partial charge in [-0.25, -0.2) is 9.37 Å². The Balaban J connectivity index is 2.27. The first-order valence-corrected chi connectivity index (χ1v) is 5.21. The van der Waals surface area contributed by atoms with Gasteiger partial charge in [0.1, 0.15) is 5.82 Å². The Kier molecular flexibility index (Phi) is 3.30. The first kappa shape index (κ1) is 11.5. The van der Waals surface area contributed by atoms with Crippen LogP contribution in [0.5, 0.6) is 0 Å². The van der Waals surface area contributed by atoms with E-state index in [0.29, 0.717) is 12.4 Å². The van der Waals surface area contributed by atoms with Crippen LogP contribution >= 0.6 is 0 Å². The van der Waals surface area contributed by atoms with Crippen LogP contribution in [0, 0.1) is 5.82 Å². The molecule has 88 valence electrons. The van der Waals surface area contributed by atoms with Gasteiger partial charge >= 0.3 is 0 Å². The third-order valence-corrected chi connectivity index (χ3v) is 2.44. The second-order valence-corrected chi connectivity index (χ2v) is 3.61. The molecule has 1 aromatic heterocycles. The largest absolute Gasteiger partial charge is 0.328 e. The van der Waals surface area contributed by atoms with Crippen LogP contribution in [0.4, 0.5) is 15.9 Å². The summed E-state index contributed by atoms with van der Waals surface area (Å²) in [7, 11) is 1.81. The summed E-state index contributed by atoms with van der Waals surface area (Å²) >= 11 is 0. The van der Waals surface area contributed by atoms with Crippen LogP contribution in [-0.2, 0) is 6.54 Å². The highest BCUT2D eigenvalue weighted by molar-refractivity contribution is 5.58. The first-order valence-electron chi connectivity index (χ1n) is 5.21. The first-order chi connectivity index (χ1) is 8.20. The Hall–Kier alpha value is -2.01. The Morgan fingerprint density at radius 1 is 1.29 bits per heavy atom. The van der Waals surface area contributed by atoms with E-state index in [4.69, 9.17) is 5.73 Å². The summed E-state index contributed by atoms with van der Waals surface area (Å²) < 4.78 is 13.1. The van der Waals surface area contributed by atoms with Crippen molar-refractivity contribution in [2.45, 2.75) is 6.54 Å². The highest BCUT2D eigenvalue weighted by Crippen LogP contribution is 2.21. The Bertz CT molecular complexity index is 498. The van der Waals surface area contributed by atoms with Gasteiger partial charge in [0.15, 0.2) is 5.82 Å². The second kappa shape index (κ2) is 4.88. The predicted octanol–water partition coefficient (Wildman–Crippen LogP) is 1.84. The molecule has 2 N–H and O–H groups in total. The van der Waals surface area contributed by atoms with Gasteiger partial charge in [-0.2, -0.15) is 0 Å². The van der Waals surface area contributed by atoms with Gasteiger partial charge in [-0.3, -0.25) is 4.98 Å². The minimum absolute atomic E-state index is 0.277. The maximum atomic E-state index is 13.1. The van der Waals surface area contributed by atoms with E-state index in [2.05, 4.69) is 9.97 Å². The fraction of sp³-hybridized carbons (Fsp3) is 0.167. The van der Waals surface area contributed by atoms with Crippen molar-refractivity contribution in [3.05, 3.63) is 48.2 Å². The minimum Gasteiger partial charge on any atom is -0.328 e. The summed E-state index contributed by atoms with van der Waals surface area (Å²) in [6.45, 7) is 0.358. The molecule has 0 bridgehead atoms. The summed E-state index contributed by atoms with van der Waals surface area (Å²) in [5.74, 6) is 0.369. The number of hydrogen-bond acceptors (Lipinski definition) is 4. The van der Waals surface area contributed by atoms with Crippen LogP contribution in [0.1, 0.15) is 5.69 Å². The van der Waals surface area contributed by atoms with E-state index in [0.717, 1.165) is 11.4 Å². The number of nitrogens with zero attached hydrogens (tertiary/aromatic N) is 3. The van der Waals surface area contributed by atoms with E-state index in [-0.39, 0.29) is 5.82 Å². The van der Waals surface area contributed by atoms with Gasteiger partial charge in [-0.1, -0.05) is 6.07 Å². The number of halogens is 1. The second-order valence-electron chi connectivity index (χ2n) is 3.61. The summed E-state index contributed by atoms with van der Waals surface area (Å²) in [6, 6.07) is 6.31. The van der Waals surface area contributed by atoms with E-state index < -0.39 is 0 Å². The molecule has 0 saturated carbocycles. The molecule has 0 aliphatic rings. The lowest BCUT2D eigenvalue weighted by Crippen LogP contribution is -2.12. The predicted molar refractivity (Wildman–Crippen MR) is 64.4 cm³/mol. The average molecular weight is 232 g/mol. The maximum Gasteiger partial charge on any atom is 0.151 e. The molecule has 0 spiro atoms. The Morgan fingerprint density at radius 2 is 2.12 bits per heavy atom. The zero-order valence-electron chi connectivity index (χ0n) is 9.47. The van der Waals surface area contributed by atoms with E-state index in [9.17, 15) is 4.39 Å². The van der Waals surface area contributed by atoms with Crippen LogP contribution in [-0.4, -0.2) is 17.0 Å². The fourth-order valence-electron chi connectivity index (χ4n) is 1.44. The van der Waals surface area contributed by atoms with Gasteiger partial charge in [0.25, 0.3) is 0 Å². The van der Waals surface area contributed by atoms with Gasteiger partial charge in [0, 0.05) is 19.3 Å². The summed E-state index contributed by atoms with van der Waals surface area (Å²) in [5, 5.41) is 0. The van der Waals surface area contributed by atoms with Gasteiger partial charge < -0.3 is 10.6 Å². The third-order valence-electron chi connectivity index (χ3n) is 2.44. The Morgan fingerprint density at radius 3 is 2.71 bits per heavy atom. The highest BCUT2D eigenvalue weighted by Gasteiger charge is 2.06. The van der Waals surface area contributed by atoms with Crippen molar-refractivity contribution in [3.63, 3.8) is 0 Å². The molecule has 1 aromatic carbocycles. The van der Waals surface area contributed by atoms with Gasteiger partial charge in [-0.15, -0.1) is 0 Å². The molecular weight excluding hydrogens is 219 g/mol. The van der Waals surface area contributed by atoms with Crippen molar-refractivity contribution >= 4 is 11.5 Å². The van der Waals surface area contributed by atoms with Crippen molar-refractivity contribution in [3.8, 4) is 0 Å².